The number of alkyl carbamates (subject to hydrolysis) is 1. The van der Waals surface area contributed by atoms with E-state index in [2.05, 4.69) is 5.32 Å². The number of carbonyl (C=O) groups excluding carboxylic acids is 3. The fourth-order valence-electron chi connectivity index (χ4n) is 9.15. The van der Waals surface area contributed by atoms with Crippen molar-refractivity contribution in [3.05, 3.63) is 71.2 Å². The van der Waals surface area contributed by atoms with E-state index in [0.29, 0.717) is 0 Å². The molecule has 299 valence electrons. The number of benzene rings is 1. The Balaban J connectivity index is 0.00000580. The fraction of sp³-hybridized carbons (Fsp3) is 0.615. The molecule has 2 bridgehead atoms. The van der Waals surface area contributed by atoms with Crippen LogP contribution in [0.2, 0.25) is 0 Å². The van der Waals surface area contributed by atoms with Crippen LogP contribution < -0.4 is 5.32 Å². The summed E-state index contributed by atoms with van der Waals surface area (Å²) in [6.45, 7) is 10.8. The van der Waals surface area contributed by atoms with Gasteiger partial charge in [-0.3, -0.25) is 0 Å². The molecule has 1 saturated heterocycles. The Hall–Kier alpha value is -2.39. The number of aliphatic hydroxyl groups is 6. The fourth-order valence-corrected chi connectivity index (χ4v) is 9.15. The van der Waals surface area contributed by atoms with Crippen LogP contribution in [0.15, 0.2) is 64.3 Å². The summed E-state index contributed by atoms with van der Waals surface area (Å²) >= 11 is 0. The molecule has 1 aromatic carbocycles. The van der Waals surface area contributed by atoms with Crippen LogP contribution >= 0.6 is 0 Å². The summed E-state index contributed by atoms with van der Waals surface area (Å²) in [5.74, 6) is -3.57. The van der Waals surface area contributed by atoms with Crippen molar-refractivity contribution in [3.63, 3.8) is 0 Å². The first kappa shape index (κ1) is 43.7. The maximum atomic E-state index is 13.9. The molecule has 7 N–H and O–H groups in total. The third kappa shape index (κ3) is 7.33. The second-order valence-corrected chi connectivity index (χ2v) is 16.8. The molecule has 2 saturated carbocycles. The Morgan fingerprint density at radius 3 is 2.20 bits per heavy atom. The van der Waals surface area contributed by atoms with Crippen molar-refractivity contribution in [1.82, 2.24) is 5.32 Å². The topological polar surface area (TPSA) is 235 Å². The number of rotatable bonds is 7. The molecule has 2 heterocycles. The number of hydrogen-bond donors (Lipinski definition) is 7. The molecule has 1 aliphatic heterocycles. The van der Waals surface area contributed by atoms with E-state index in [0.717, 1.165) is 0 Å². The molecule has 0 spiro atoms. The van der Waals surface area contributed by atoms with Crippen molar-refractivity contribution < 1.29 is 112 Å². The van der Waals surface area contributed by atoms with Crippen molar-refractivity contribution in [3.8, 4) is 0 Å². The number of furan rings is 1. The first-order chi connectivity index (χ1) is 25.1. The summed E-state index contributed by atoms with van der Waals surface area (Å²) in [5.41, 5.74) is -8.00. The minimum atomic E-state index is -2.28. The van der Waals surface area contributed by atoms with Crippen LogP contribution in [0.25, 0.3) is 0 Å². The average Bonchev–Trinajstić information content (AvgIpc) is 3.63. The summed E-state index contributed by atoms with van der Waals surface area (Å²) in [4.78, 5) is 40.6. The van der Waals surface area contributed by atoms with Gasteiger partial charge in [0.2, 0.25) is 0 Å². The Morgan fingerprint density at radius 2 is 1.64 bits per heavy atom. The van der Waals surface area contributed by atoms with Crippen LogP contribution in [0.3, 0.4) is 0 Å². The predicted molar refractivity (Wildman–Crippen MR) is 187 cm³/mol. The molecular weight excluding hydrogens is 933 g/mol. The van der Waals surface area contributed by atoms with Crippen LogP contribution in [0.4, 0.5) is 4.79 Å². The molecule has 3 fully saturated rings. The summed E-state index contributed by atoms with van der Waals surface area (Å²) in [7, 11) is 0. The van der Waals surface area contributed by atoms with Crippen LogP contribution in [0.1, 0.15) is 83.5 Å². The Labute approximate surface area is 354 Å². The molecule has 55 heavy (non-hydrogen) atoms. The van der Waals surface area contributed by atoms with Gasteiger partial charge < -0.3 is 59.3 Å². The monoisotopic (exact) mass is 984 g/mol. The van der Waals surface area contributed by atoms with Gasteiger partial charge in [-0.2, -0.15) is 0 Å². The quantitative estimate of drug-likeness (QED) is 0.120. The first-order valence-electron chi connectivity index (χ1n) is 18.1. The van der Waals surface area contributed by atoms with Crippen molar-refractivity contribution in [2.75, 3.05) is 6.61 Å². The number of amides is 1. The molecule has 1 unspecified atom stereocenters. The van der Waals surface area contributed by atoms with E-state index in [1.54, 1.807) is 52.8 Å². The number of fused-ring (bicyclic) bond motifs is 5. The van der Waals surface area contributed by atoms with Gasteiger partial charge in [0.25, 0.3) is 0 Å². The van der Waals surface area contributed by atoms with Crippen molar-refractivity contribution in [1.29, 1.82) is 0 Å². The summed E-state index contributed by atoms with van der Waals surface area (Å²) in [6, 6.07) is 9.37. The van der Waals surface area contributed by atoms with Crippen molar-refractivity contribution >= 4 is 18.0 Å². The summed E-state index contributed by atoms with van der Waals surface area (Å²) in [6.07, 6.45) is -11.4. The molecule has 3 aliphatic carbocycles. The third-order valence-electron chi connectivity index (χ3n) is 12.2. The van der Waals surface area contributed by atoms with Gasteiger partial charge in [0.1, 0.15) is 46.9 Å². The van der Waals surface area contributed by atoms with E-state index < -0.39 is 107 Å². The number of nitrogens with one attached hydrogen (secondary N) is 1. The Bertz CT molecular complexity index is 1780. The normalized spacial score (nSPS) is 36.2. The molecule has 1 amide bonds. The number of carbonyl (C=O) groups is 3. The van der Waals surface area contributed by atoms with E-state index in [9.17, 15) is 45.0 Å². The van der Waals surface area contributed by atoms with E-state index in [1.807, 2.05) is 0 Å². The zero-order valence-electron chi connectivity index (χ0n) is 32.0. The maximum absolute atomic E-state index is 13.9. The van der Waals surface area contributed by atoms with Crippen LogP contribution in [0.5, 0.6) is 0 Å². The molecule has 16 heteroatoms. The predicted octanol–water partition coefficient (Wildman–Crippen LogP) is 2.07. The summed E-state index contributed by atoms with van der Waals surface area (Å²) in [5, 5.41) is 75.2. The zero-order chi connectivity index (χ0) is 39.8. The first-order valence-corrected chi connectivity index (χ1v) is 18.1. The van der Waals surface area contributed by atoms with Gasteiger partial charge in [-0.15, -0.1) is 0 Å². The second kappa shape index (κ2) is 15.4. The maximum Gasteiger partial charge on any atom is 0.408 e. The van der Waals surface area contributed by atoms with E-state index >= 15 is 0 Å². The van der Waals surface area contributed by atoms with Crippen molar-refractivity contribution in [2.24, 2.45) is 16.7 Å². The van der Waals surface area contributed by atoms with Gasteiger partial charge in [0, 0.05) is 73.7 Å². The smallest absolute Gasteiger partial charge is 0.408 e. The van der Waals surface area contributed by atoms with Gasteiger partial charge in [0.05, 0.1) is 36.7 Å². The van der Waals surface area contributed by atoms with Gasteiger partial charge in [-0.25, -0.2) is 14.4 Å². The molecule has 1 aromatic heterocycles. The molecule has 12 atom stereocenters. The zero-order valence-corrected chi connectivity index (χ0v) is 36.7. The Morgan fingerprint density at radius 1 is 0.982 bits per heavy atom. The number of esters is 2. The number of aliphatic hydroxyl groups excluding tert-OH is 4. The minimum absolute atomic E-state index is 0. The van der Waals surface area contributed by atoms with Gasteiger partial charge in [-0.1, -0.05) is 39.0 Å². The molecular formula is C39H51AcNO14. The van der Waals surface area contributed by atoms with Crippen LogP contribution in [-0.4, -0.2) is 115 Å². The van der Waals surface area contributed by atoms with E-state index in [-0.39, 0.29) is 79.6 Å². The Kier molecular flexibility index (Phi) is 12.3. The molecule has 4 aliphatic rings. The standard InChI is InChI=1S/C39H51NO14.Ac/c1-19-22(52-33(46)28(43)26(21-14-11-15-50-21)40-34(47)54-35(2,3)4)17-39(49)31(53-32(45)20-12-9-8-10-13-20)29-37(7,23(41)16-24-38(29,48)18-51-24)30(44)27(42)25(19)36(39,5)6;/h8-15,22-24,26-31,41-44,48-49H,16-18H2,1-7H3,(H,40,47);/t22?,23-,24+,26-,27+,28+,29-,30+,31-,37+,38-,39+;/m0./s1. The van der Waals surface area contributed by atoms with Gasteiger partial charge >= 0.3 is 18.0 Å². The minimum Gasteiger partial charge on any atom is -0.467 e. The number of hydrogen-bond acceptors (Lipinski definition) is 14. The second-order valence-electron chi connectivity index (χ2n) is 16.8. The molecule has 15 nitrogen and oxygen atoms in total. The SMILES string of the molecule is CC1=C2[C@@H](O)[C@@H](O)[C@@]3(C)[C@H]([C@H](OC(=O)c4ccccc4)[C@](O)(CC1OC(=O)[C@H](O)[C@@H](NC(=O)OC(C)(C)C)c1ccco1)C2(C)C)[C@]1(O)CO[C@@H]1C[C@@H]3O.[Ac]. The summed E-state index contributed by atoms with van der Waals surface area (Å²) < 4.78 is 28.5. The van der Waals surface area contributed by atoms with E-state index in [4.69, 9.17) is 23.4 Å². The largest absolute Gasteiger partial charge is 0.467 e. The molecule has 2 aromatic rings. The van der Waals surface area contributed by atoms with Crippen molar-refractivity contribution in [2.45, 2.75) is 127 Å². The molecule has 6 rings (SSSR count). The van der Waals surface area contributed by atoms with Crippen LogP contribution in [-0.2, 0) is 23.7 Å². The van der Waals surface area contributed by atoms with Gasteiger partial charge in [0.15, 0.2) is 6.10 Å². The van der Waals surface area contributed by atoms with E-state index in [1.165, 1.54) is 44.4 Å². The number of ether oxygens (including phenoxy) is 4. The third-order valence-corrected chi connectivity index (χ3v) is 12.2. The average molecular weight is 985 g/mol. The molecule has 1 radical (unpaired) electrons. The van der Waals surface area contributed by atoms with Crippen LogP contribution in [0, 0.1) is 60.8 Å². The van der Waals surface area contributed by atoms with Gasteiger partial charge in [-0.05, 0) is 63.1 Å².